The van der Waals surface area contributed by atoms with Gasteiger partial charge in [-0.25, -0.2) is 0 Å². The Bertz CT molecular complexity index is 412. The second kappa shape index (κ2) is 8.62. The monoisotopic (exact) mass is 345 g/mol. The largest absolute Gasteiger partial charge is 0.508 e. The summed E-state index contributed by atoms with van der Waals surface area (Å²) in [6.45, 7) is 8.18. The minimum atomic E-state index is -0.522. The molecule has 1 aromatic carbocycles. The average molecular weight is 346 g/mol. The van der Waals surface area contributed by atoms with Crippen molar-refractivity contribution < 1.29 is 14.9 Å². The van der Waals surface area contributed by atoms with E-state index in [9.17, 15) is 10.2 Å². The maximum atomic E-state index is 9.96. The van der Waals surface area contributed by atoms with Crippen LogP contribution in [0.5, 0.6) is 5.75 Å². The lowest BCUT2D eigenvalue weighted by molar-refractivity contribution is -0.00892. The van der Waals surface area contributed by atoms with E-state index in [2.05, 4.69) is 20.8 Å². The van der Waals surface area contributed by atoms with Gasteiger partial charge in [-0.1, -0.05) is 22.9 Å². The summed E-state index contributed by atoms with van der Waals surface area (Å²) in [6.07, 6.45) is -0.402. The molecule has 1 atom stereocenters. The number of hydrogen-bond acceptors (Lipinski definition) is 4. The first kappa shape index (κ1) is 17.4. The third-order valence-electron chi connectivity index (χ3n) is 2.97. The van der Waals surface area contributed by atoms with Gasteiger partial charge in [-0.15, -0.1) is 0 Å². The minimum Gasteiger partial charge on any atom is -0.508 e. The Morgan fingerprint density at radius 1 is 1.35 bits per heavy atom. The van der Waals surface area contributed by atoms with Crippen LogP contribution >= 0.6 is 15.9 Å². The second-order valence-electron chi connectivity index (χ2n) is 5.14. The second-order valence-corrected chi connectivity index (χ2v) is 6.05. The van der Waals surface area contributed by atoms with Crippen molar-refractivity contribution >= 4 is 15.9 Å². The highest BCUT2D eigenvalue weighted by atomic mass is 79.9. The topological polar surface area (TPSA) is 52.9 Å². The maximum Gasteiger partial charge on any atom is 0.120 e. The molecular weight excluding hydrogens is 322 g/mol. The van der Waals surface area contributed by atoms with Gasteiger partial charge in [-0.2, -0.15) is 0 Å². The Hall–Kier alpha value is -0.620. The lowest BCUT2D eigenvalue weighted by Gasteiger charge is -2.24. The van der Waals surface area contributed by atoms with Crippen LogP contribution in [0.4, 0.5) is 0 Å². The Kier molecular flexibility index (Phi) is 7.51. The number of likely N-dealkylation sites (N-methyl/N-ethyl adjacent to an activating group) is 1. The SMILES string of the molecule is CCN(Cc1cc(Br)ccc1O)CC(O)COC(C)C. The highest BCUT2D eigenvalue weighted by Gasteiger charge is 2.13. The van der Waals surface area contributed by atoms with Gasteiger partial charge >= 0.3 is 0 Å². The Morgan fingerprint density at radius 3 is 2.65 bits per heavy atom. The van der Waals surface area contributed by atoms with Crippen LogP contribution in [0.1, 0.15) is 26.3 Å². The van der Waals surface area contributed by atoms with E-state index in [0.29, 0.717) is 19.7 Å². The Labute approximate surface area is 129 Å². The molecule has 0 saturated carbocycles. The summed E-state index contributed by atoms with van der Waals surface area (Å²) in [5.74, 6) is 0.277. The molecule has 20 heavy (non-hydrogen) atoms. The number of phenols is 1. The first-order chi connectivity index (χ1) is 9.42. The van der Waals surface area contributed by atoms with Gasteiger partial charge in [0.1, 0.15) is 5.75 Å². The van der Waals surface area contributed by atoms with Gasteiger partial charge < -0.3 is 14.9 Å². The molecule has 0 fully saturated rings. The summed E-state index contributed by atoms with van der Waals surface area (Å²) in [6, 6.07) is 5.38. The first-order valence-corrected chi connectivity index (χ1v) is 7.71. The van der Waals surface area contributed by atoms with Gasteiger partial charge in [-0.3, -0.25) is 4.90 Å². The Morgan fingerprint density at radius 2 is 2.05 bits per heavy atom. The zero-order valence-electron chi connectivity index (χ0n) is 12.3. The summed E-state index contributed by atoms with van der Waals surface area (Å²) in [4.78, 5) is 2.08. The molecule has 0 aliphatic carbocycles. The van der Waals surface area contributed by atoms with Crippen molar-refractivity contribution in [2.75, 3.05) is 19.7 Å². The van der Waals surface area contributed by atoms with Crippen molar-refractivity contribution in [3.8, 4) is 5.75 Å². The fourth-order valence-electron chi connectivity index (χ4n) is 1.88. The number of rotatable bonds is 8. The maximum absolute atomic E-state index is 9.96. The van der Waals surface area contributed by atoms with Crippen LogP contribution in [0.2, 0.25) is 0 Å². The number of halogens is 1. The van der Waals surface area contributed by atoms with Crippen molar-refractivity contribution in [3.05, 3.63) is 28.2 Å². The molecule has 114 valence electrons. The van der Waals surface area contributed by atoms with E-state index in [1.807, 2.05) is 26.8 Å². The number of aliphatic hydroxyl groups is 1. The third-order valence-corrected chi connectivity index (χ3v) is 3.47. The number of phenolic OH excluding ortho intramolecular Hbond substituents is 1. The van der Waals surface area contributed by atoms with E-state index >= 15 is 0 Å². The van der Waals surface area contributed by atoms with Gasteiger partial charge in [0, 0.05) is 23.1 Å². The van der Waals surface area contributed by atoms with Gasteiger partial charge in [0.2, 0.25) is 0 Å². The zero-order chi connectivity index (χ0) is 15.1. The lowest BCUT2D eigenvalue weighted by atomic mass is 10.2. The highest BCUT2D eigenvalue weighted by molar-refractivity contribution is 9.10. The van der Waals surface area contributed by atoms with Crippen LogP contribution in [0.25, 0.3) is 0 Å². The molecule has 1 unspecified atom stereocenters. The van der Waals surface area contributed by atoms with Gasteiger partial charge in [-0.05, 0) is 38.6 Å². The van der Waals surface area contributed by atoms with Crippen molar-refractivity contribution in [1.82, 2.24) is 4.90 Å². The summed E-state index contributed by atoms with van der Waals surface area (Å²) in [5, 5.41) is 19.8. The predicted octanol–water partition coefficient (Wildman–Crippen LogP) is 2.76. The van der Waals surface area contributed by atoms with E-state index in [-0.39, 0.29) is 11.9 Å². The number of benzene rings is 1. The van der Waals surface area contributed by atoms with Crippen molar-refractivity contribution in [2.24, 2.45) is 0 Å². The van der Waals surface area contributed by atoms with Crippen molar-refractivity contribution in [3.63, 3.8) is 0 Å². The molecule has 0 amide bonds. The highest BCUT2D eigenvalue weighted by Crippen LogP contribution is 2.23. The normalized spacial score (nSPS) is 13.2. The molecule has 0 heterocycles. The molecule has 0 bridgehead atoms. The van der Waals surface area contributed by atoms with Gasteiger partial charge in [0.25, 0.3) is 0 Å². The summed E-state index contributed by atoms with van der Waals surface area (Å²) >= 11 is 3.40. The standard InChI is InChI=1S/C15H24BrNO3/c1-4-17(9-14(18)10-20-11(2)3)8-12-7-13(16)5-6-15(12)19/h5-7,11,14,18-19H,4,8-10H2,1-3H3. The van der Waals surface area contributed by atoms with Crippen LogP contribution in [0, 0.1) is 0 Å². The van der Waals surface area contributed by atoms with Gasteiger partial charge in [0.05, 0.1) is 18.8 Å². The molecule has 1 rings (SSSR count). The molecule has 1 aromatic rings. The smallest absolute Gasteiger partial charge is 0.120 e. The lowest BCUT2D eigenvalue weighted by Crippen LogP contribution is -2.35. The number of ether oxygens (including phenoxy) is 1. The molecule has 0 aliphatic rings. The quantitative estimate of drug-likeness (QED) is 0.760. The molecule has 0 spiro atoms. The summed E-state index contributed by atoms with van der Waals surface area (Å²) in [7, 11) is 0. The van der Waals surface area contributed by atoms with E-state index in [1.54, 1.807) is 12.1 Å². The van der Waals surface area contributed by atoms with E-state index < -0.39 is 6.10 Å². The van der Waals surface area contributed by atoms with E-state index in [4.69, 9.17) is 4.74 Å². The van der Waals surface area contributed by atoms with Crippen LogP contribution in [-0.2, 0) is 11.3 Å². The number of aromatic hydroxyl groups is 1. The summed E-state index contributed by atoms with van der Waals surface area (Å²) < 4.78 is 6.34. The predicted molar refractivity (Wildman–Crippen MR) is 83.9 cm³/mol. The zero-order valence-corrected chi connectivity index (χ0v) is 13.9. The molecule has 0 saturated heterocycles. The minimum absolute atomic E-state index is 0.119. The molecule has 0 aliphatic heterocycles. The Balaban J connectivity index is 2.56. The van der Waals surface area contributed by atoms with E-state index in [0.717, 1.165) is 16.6 Å². The number of aliphatic hydroxyl groups excluding tert-OH is 1. The number of nitrogens with zero attached hydrogens (tertiary/aromatic N) is 1. The van der Waals surface area contributed by atoms with Crippen LogP contribution < -0.4 is 0 Å². The van der Waals surface area contributed by atoms with Gasteiger partial charge in [0.15, 0.2) is 0 Å². The summed E-state index contributed by atoms with van der Waals surface area (Å²) in [5.41, 5.74) is 0.846. The molecule has 4 nitrogen and oxygen atoms in total. The average Bonchev–Trinajstić information content (AvgIpc) is 2.39. The molecule has 0 radical (unpaired) electrons. The molecule has 0 aromatic heterocycles. The first-order valence-electron chi connectivity index (χ1n) is 6.91. The van der Waals surface area contributed by atoms with Crippen LogP contribution in [0.15, 0.2) is 22.7 Å². The number of hydrogen-bond donors (Lipinski definition) is 2. The van der Waals surface area contributed by atoms with E-state index in [1.165, 1.54) is 0 Å². The third kappa shape index (κ3) is 6.22. The molecule has 2 N–H and O–H groups in total. The fourth-order valence-corrected chi connectivity index (χ4v) is 2.29. The fraction of sp³-hybridized carbons (Fsp3) is 0.600. The van der Waals surface area contributed by atoms with Crippen LogP contribution in [-0.4, -0.2) is 47.0 Å². The van der Waals surface area contributed by atoms with Crippen LogP contribution in [0.3, 0.4) is 0 Å². The van der Waals surface area contributed by atoms with Crippen molar-refractivity contribution in [1.29, 1.82) is 0 Å². The van der Waals surface area contributed by atoms with Crippen molar-refractivity contribution in [2.45, 2.75) is 39.5 Å². The molecular formula is C15H24BrNO3. The molecule has 5 heteroatoms.